The molecule has 1 aromatic rings. The Morgan fingerprint density at radius 1 is 1.44 bits per heavy atom. The van der Waals surface area contributed by atoms with E-state index in [9.17, 15) is 0 Å². The fourth-order valence-corrected chi connectivity index (χ4v) is 2.44. The first kappa shape index (κ1) is 13.1. The van der Waals surface area contributed by atoms with Crippen LogP contribution in [0.2, 0.25) is 0 Å². The number of nitrogens with zero attached hydrogens (tertiary/aromatic N) is 1. The molecule has 1 atom stereocenters. The van der Waals surface area contributed by atoms with E-state index in [0.29, 0.717) is 6.04 Å². The maximum Gasteiger partial charge on any atom is 0.0995 e. The van der Waals surface area contributed by atoms with Crippen molar-refractivity contribution in [2.75, 3.05) is 6.61 Å². The molecule has 1 aromatic carbocycles. The molecule has 1 fully saturated rings. The van der Waals surface area contributed by atoms with Crippen LogP contribution in [0.1, 0.15) is 37.8 Å². The van der Waals surface area contributed by atoms with Gasteiger partial charge >= 0.3 is 0 Å². The van der Waals surface area contributed by atoms with E-state index in [-0.39, 0.29) is 5.60 Å². The normalized spacial score (nSPS) is 22.4. The molecule has 0 aromatic heterocycles. The summed E-state index contributed by atoms with van der Waals surface area (Å²) >= 11 is 0. The van der Waals surface area contributed by atoms with Gasteiger partial charge in [0.1, 0.15) is 0 Å². The molecule has 3 nitrogen and oxygen atoms in total. The van der Waals surface area contributed by atoms with Gasteiger partial charge in [-0.1, -0.05) is 18.2 Å². The van der Waals surface area contributed by atoms with Gasteiger partial charge in [0.25, 0.3) is 0 Å². The van der Waals surface area contributed by atoms with E-state index < -0.39 is 0 Å². The second-order valence-corrected chi connectivity index (χ2v) is 5.45. The first-order chi connectivity index (χ1) is 8.61. The van der Waals surface area contributed by atoms with Crippen LogP contribution in [0.4, 0.5) is 0 Å². The molecular weight excluding hydrogens is 224 g/mol. The SMILES string of the molecule is CC1(C)CC(NCc2ccccc2C#N)CCO1. The monoisotopic (exact) mass is 244 g/mol. The van der Waals surface area contributed by atoms with Crippen molar-refractivity contribution >= 4 is 0 Å². The van der Waals surface area contributed by atoms with Crippen molar-refractivity contribution in [3.63, 3.8) is 0 Å². The minimum atomic E-state index is -0.0370. The Morgan fingerprint density at radius 2 is 2.22 bits per heavy atom. The third kappa shape index (κ3) is 3.32. The van der Waals surface area contributed by atoms with E-state index in [1.165, 1.54) is 0 Å². The van der Waals surface area contributed by atoms with Crippen molar-refractivity contribution < 1.29 is 4.74 Å². The molecule has 1 aliphatic rings. The minimum Gasteiger partial charge on any atom is -0.375 e. The minimum absolute atomic E-state index is 0.0370. The molecule has 1 unspecified atom stereocenters. The summed E-state index contributed by atoms with van der Waals surface area (Å²) in [6.45, 7) is 5.82. The summed E-state index contributed by atoms with van der Waals surface area (Å²) in [6, 6.07) is 10.5. The fraction of sp³-hybridized carbons (Fsp3) is 0.533. The zero-order valence-corrected chi connectivity index (χ0v) is 11.1. The highest BCUT2D eigenvalue weighted by molar-refractivity contribution is 5.37. The highest BCUT2D eigenvalue weighted by atomic mass is 16.5. The second kappa shape index (κ2) is 5.51. The lowest BCUT2D eigenvalue weighted by Gasteiger charge is -2.36. The Kier molecular flexibility index (Phi) is 4.00. The van der Waals surface area contributed by atoms with Gasteiger partial charge < -0.3 is 10.1 Å². The van der Waals surface area contributed by atoms with Crippen LogP contribution in [0.3, 0.4) is 0 Å². The number of hydrogen-bond donors (Lipinski definition) is 1. The van der Waals surface area contributed by atoms with E-state index in [1.54, 1.807) is 0 Å². The lowest BCUT2D eigenvalue weighted by molar-refractivity contribution is -0.0630. The average Bonchev–Trinajstić information content (AvgIpc) is 2.35. The maximum absolute atomic E-state index is 9.04. The van der Waals surface area contributed by atoms with E-state index in [1.807, 2.05) is 24.3 Å². The molecular formula is C15H20N2O. The quantitative estimate of drug-likeness (QED) is 0.889. The summed E-state index contributed by atoms with van der Waals surface area (Å²) in [4.78, 5) is 0. The van der Waals surface area contributed by atoms with Crippen molar-refractivity contribution in [1.82, 2.24) is 5.32 Å². The summed E-state index contributed by atoms with van der Waals surface area (Å²) in [6.07, 6.45) is 2.06. The summed E-state index contributed by atoms with van der Waals surface area (Å²) in [7, 11) is 0. The van der Waals surface area contributed by atoms with Crippen molar-refractivity contribution in [3.05, 3.63) is 35.4 Å². The highest BCUT2D eigenvalue weighted by Crippen LogP contribution is 2.24. The Morgan fingerprint density at radius 3 is 2.94 bits per heavy atom. The number of rotatable bonds is 3. The van der Waals surface area contributed by atoms with Crippen LogP contribution in [0.5, 0.6) is 0 Å². The van der Waals surface area contributed by atoms with Crippen LogP contribution in [0.15, 0.2) is 24.3 Å². The van der Waals surface area contributed by atoms with Gasteiger partial charge in [-0.15, -0.1) is 0 Å². The van der Waals surface area contributed by atoms with Crippen LogP contribution < -0.4 is 5.32 Å². The number of nitriles is 1. The van der Waals surface area contributed by atoms with E-state index in [4.69, 9.17) is 10.00 Å². The predicted molar refractivity (Wildman–Crippen MR) is 71.0 cm³/mol. The van der Waals surface area contributed by atoms with Gasteiger partial charge in [-0.25, -0.2) is 0 Å². The number of hydrogen-bond acceptors (Lipinski definition) is 3. The van der Waals surface area contributed by atoms with Crippen molar-refractivity contribution in [1.29, 1.82) is 5.26 Å². The molecule has 1 N–H and O–H groups in total. The lowest BCUT2D eigenvalue weighted by atomic mass is 9.93. The molecule has 1 saturated heterocycles. The molecule has 0 bridgehead atoms. The molecule has 1 heterocycles. The van der Waals surface area contributed by atoms with Gasteiger partial charge in [-0.05, 0) is 38.3 Å². The van der Waals surface area contributed by atoms with E-state index in [0.717, 1.165) is 37.1 Å². The van der Waals surface area contributed by atoms with Gasteiger partial charge in [0.2, 0.25) is 0 Å². The average molecular weight is 244 g/mol. The van der Waals surface area contributed by atoms with E-state index in [2.05, 4.69) is 25.2 Å². The lowest BCUT2D eigenvalue weighted by Crippen LogP contribution is -2.43. The molecule has 1 aliphatic heterocycles. The van der Waals surface area contributed by atoms with Gasteiger partial charge in [0.05, 0.1) is 17.2 Å². The molecule has 2 rings (SSSR count). The molecule has 0 amide bonds. The van der Waals surface area contributed by atoms with Gasteiger partial charge in [-0.3, -0.25) is 0 Å². The molecule has 3 heteroatoms. The van der Waals surface area contributed by atoms with Crippen LogP contribution in [-0.2, 0) is 11.3 Å². The van der Waals surface area contributed by atoms with Crippen molar-refractivity contribution in [2.24, 2.45) is 0 Å². The van der Waals surface area contributed by atoms with Crippen LogP contribution in [-0.4, -0.2) is 18.2 Å². The van der Waals surface area contributed by atoms with E-state index >= 15 is 0 Å². The Balaban J connectivity index is 1.94. The third-order valence-corrected chi connectivity index (χ3v) is 3.42. The molecule has 0 spiro atoms. The summed E-state index contributed by atoms with van der Waals surface area (Å²) < 4.78 is 5.70. The summed E-state index contributed by atoms with van der Waals surface area (Å²) in [5.74, 6) is 0. The number of nitrogens with one attached hydrogen (secondary N) is 1. The number of benzene rings is 1. The Labute approximate surface area is 109 Å². The third-order valence-electron chi connectivity index (χ3n) is 3.42. The Bertz CT molecular complexity index is 448. The molecule has 96 valence electrons. The second-order valence-electron chi connectivity index (χ2n) is 5.45. The first-order valence-corrected chi connectivity index (χ1v) is 6.46. The predicted octanol–water partition coefficient (Wildman–Crippen LogP) is 2.61. The fourth-order valence-electron chi connectivity index (χ4n) is 2.44. The van der Waals surface area contributed by atoms with Crippen LogP contribution in [0.25, 0.3) is 0 Å². The molecule has 0 saturated carbocycles. The largest absolute Gasteiger partial charge is 0.375 e. The van der Waals surface area contributed by atoms with Gasteiger partial charge in [0.15, 0.2) is 0 Å². The van der Waals surface area contributed by atoms with Gasteiger partial charge in [0, 0.05) is 19.2 Å². The first-order valence-electron chi connectivity index (χ1n) is 6.46. The zero-order valence-electron chi connectivity index (χ0n) is 11.1. The smallest absolute Gasteiger partial charge is 0.0995 e. The highest BCUT2D eigenvalue weighted by Gasteiger charge is 2.28. The van der Waals surface area contributed by atoms with Crippen LogP contribution in [0, 0.1) is 11.3 Å². The number of ether oxygens (including phenoxy) is 1. The Hall–Kier alpha value is -1.37. The topological polar surface area (TPSA) is 45.0 Å². The van der Waals surface area contributed by atoms with Gasteiger partial charge in [-0.2, -0.15) is 5.26 Å². The molecule has 18 heavy (non-hydrogen) atoms. The maximum atomic E-state index is 9.04. The van der Waals surface area contributed by atoms with Crippen molar-refractivity contribution in [2.45, 2.75) is 44.9 Å². The summed E-state index contributed by atoms with van der Waals surface area (Å²) in [5.41, 5.74) is 1.80. The molecule has 0 radical (unpaired) electrons. The standard InChI is InChI=1S/C15H20N2O/c1-15(2)9-14(7-8-18-15)17-11-13-6-4-3-5-12(13)10-16/h3-6,14,17H,7-9,11H2,1-2H3. The summed E-state index contributed by atoms with van der Waals surface area (Å²) in [5, 5.41) is 12.6. The molecule has 0 aliphatic carbocycles. The van der Waals surface area contributed by atoms with Crippen LogP contribution >= 0.6 is 0 Å². The zero-order chi connectivity index (χ0) is 13.0. The van der Waals surface area contributed by atoms with Crippen molar-refractivity contribution in [3.8, 4) is 6.07 Å².